The molecule has 0 aromatic heterocycles. The fourth-order valence-corrected chi connectivity index (χ4v) is 2.12. The van der Waals surface area contributed by atoms with Crippen LogP contribution in [0, 0.1) is 5.82 Å². The van der Waals surface area contributed by atoms with Crippen molar-refractivity contribution in [2.45, 2.75) is 6.92 Å². The molecule has 0 aliphatic heterocycles. The summed E-state index contributed by atoms with van der Waals surface area (Å²) in [6.45, 7) is 1.80. The standard InChI is InChI=1S/C17H15FO5/c1-3-23-17(21)13-7-4-10(8-14(13)18)12-6-5-11(16(19)20)9-15(12)22-2/h4-9H,3H2,1-2H3,(H,19,20). The molecule has 0 heterocycles. The first kappa shape index (κ1) is 16.5. The number of hydrogen-bond donors (Lipinski definition) is 1. The van der Waals surface area contributed by atoms with Gasteiger partial charge in [0.05, 0.1) is 24.8 Å². The lowest BCUT2D eigenvalue weighted by atomic mass is 10.0. The molecule has 0 unspecified atom stereocenters. The van der Waals surface area contributed by atoms with Crippen LogP contribution in [-0.2, 0) is 4.74 Å². The van der Waals surface area contributed by atoms with Crippen LogP contribution in [-0.4, -0.2) is 30.8 Å². The number of carbonyl (C=O) groups is 2. The highest BCUT2D eigenvalue weighted by molar-refractivity contribution is 5.91. The van der Waals surface area contributed by atoms with Crippen LogP contribution in [0.4, 0.5) is 4.39 Å². The molecule has 23 heavy (non-hydrogen) atoms. The van der Waals surface area contributed by atoms with Crippen molar-refractivity contribution in [1.82, 2.24) is 0 Å². The summed E-state index contributed by atoms with van der Waals surface area (Å²) in [4.78, 5) is 22.6. The van der Waals surface area contributed by atoms with Gasteiger partial charge in [-0.1, -0.05) is 6.07 Å². The largest absolute Gasteiger partial charge is 0.496 e. The monoisotopic (exact) mass is 318 g/mol. The SMILES string of the molecule is CCOC(=O)c1ccc(-c2ccc(C(=O)O)cc2OC)cc1F. The first-order valence-electron chi connectivity index (χ1n) is 6.86. The van der Waals surface area contributed by atoms with Gasteiger partial charge in [0.15, 0.2) is 0 Å². The number of carboxylic acids is 1. The molecule has 0 bridgehead atoms. The van der Waals surface area contributed by atoms with Gasteiger partial charge in [-0.15, -0.1) is 0 Å². The Labute approximate surface area is 132 Å². The lowest BCUT2D eigenvalue weighted by molar-refractivity contribution is 0.0520. The van der Waals surface area contributed by atoms with Crippen molar-refractivity contribution in [2.75, 3.05) is 13.7 Å². The molecule has 1 N–H and O–H groups in total. The number of ether oxygens (including phenoxy) is 2. The highest BCUT2D eigenvalue weighted by Crippen LogP contribution is 2.32. The van der Waals surface area contributed by atoms with Crippen molar-refractivity contribution >= 4 is 11.9 Å². The van der Waals surface area contributed by atoms with Crippen molar-refractivity contribution in [3.05, 3.63) is 53.3 Å². The quantitative estimate of drug-likeness (QED) is 0.856. The minimum atomic E-state index is -1.08. The molecule has 0 aliphatic rings. The average Bonchev–Trinajstić information content (AvgIpc) is 2.54. The minimum Gasteiger partial charge on any atom is -0.496 e. The number of hydrogen-bond acceptors (Lipinski definition) is 4. The number of methoxy groups -OCH3 is 1. The fraction of sp³-hybridized carbons (Fsp3) is 0.176. The zero-order valence-corrected chi connectivity index (χ0v) is 12.6. The smallest absolute Gasteiger partial charge is 0.341 e. The van der Waals surface area contributed by atoms with Crippen LogP contribution in [0.15, 0.2) is 36.4 Å². The Morgan fingerprint density at radius 1 is 1.17 bits per heavy atom. The number of rotatable bonds is 5. The number of aromatic carboxylic acids is 1. The van der Waals surface area contributed by atoms with Crippen molar-refractivity contribution in [3.63, 3.8) is 0 Å². The Balaban J connectivity index is 2.45. The normalized spacial score (nSPS) is 10.2. The molecule has 0 saturated carbocycles. The van der Waals surface area contributed by atoms with E-state index in [4.69, 9.17) is 14.6 Å². The molecule has 2 rings (SSSR count). The topological polar surface area (TPSA) is 72.8 Å². The maximum Gasteiger partial charge on any atom is 0.341 e. The summed E-state index contributed by atoms with van der Waals surface area (Å²) in [6, 6.07) is 8.35. The van der Waals surface area contributed by atoms with Gasteiger partial charge < -0.3 is 14.6 Å². The third-order valence-electron chi connectivity index (χ3n) is 3.22. The summed E-state index contributed by atoms with van der Waals surface area (Å²) in [5, 5.41) is 8.99. The molecule has 0 atom stereocenters. The van der Waals surface area contributed by atoms with Gasteiger partial charge in [-0.25, -0.2) is 14.0 Å². The second kappa shape index (κ2) is 6.91. The number of benzene rings is 2. The highest BCUT2D eigenvalue weighted by atomic mass is 19.1. The maximum atomic E-state index is 14.1. The van der Waals surface area contributed by atoms with E-state index < -0.39 is 17.8 Å². The molecule has 0 aliphatic carbocycles. The Bertz CT molecular complexity index is 755. The molecule has 0 spiro atoms. The van der Waals surface area contributed by atoms with Gasteiger partial charge in [-0.05, 0) is 42.8 Å². The highest BCUT2D eigenvalue weighted by Gasteiger charge is 2.16. The summed E-state index contributed by atoms with van der Waals surface area (Å²) < 4.78 is 24.1. The summed E-state index contributed by atoms with van der Waals surface area (Å²) in [5.41, 5.74) is 0.891. The van der Waals surface area contributed by atoms with Gasteiger partial charge in [0.25, 0.3) is 0 Å². The minimum absolute atomic E-state index is 0.0641. The van der Waals surface area contributed by atoms with E-state index in [1.165, 1.54) is 37.4 Å². The molecule has 120 valence electrons. The number of esters is 1. The van der Waals surface area contributed by atoms with Gasteiger partial charge in [0.1, 0.15) is 11.6 Å². The Morgan fingerprint density at radius 3 is 2.48 bits per heavy atom. The molecule has 0 fully saturated rings. The Kier molecular flexibility index (Phi) is 4.95. The zero-order valence-electron chi connectivity index (χ0n) is 12.6. The van der Waals surface area contributed by atoms with Crippen LogP contribution in [0.1, 0.15) is 27.6 Å². The van der Waals surface area contributed by atoms with E-state index >= 15 is 0 Å². The van der Waals surface area contributed by atoms with E-state index in [0.717, 1.165) is 0 Å². The van der Waals surface area contributed by atoms with Gasteiger partial charge in [-0.3, -0.25) is 0 Å². The molecule has 0 saturated heterocycles. The molecular weight excluding hydrogens is 303 g/mol. The predicted octanol–water partition coefficient (Wildman–Crippen LogP) is 3.38. The molecular formula is C17H15FO5. The van der Waals surface area contributed by atoms with Crippen LogP contribution >= 0.6 is 0 Å². The van der Waals surface area contributed by atoms with Gasteiger partial charge in [0.2, 0.25) is 0 Å². The summed E-state index contributed by atoms with van der Waals surface area (Å²) in [5.74, 6) is -2.23. The van der Waals surface area contributed by atoms with Crippen LogP contribution < -0.4 is 4.74 Å². The van der Waals surface area contributed by atoms with Crippen molar-refractivity contribution in [2.24, 2.45) is 0 Å². The number of carbonyl (C=O) groups excluding carboxylic acids is 1. The van der Waals surface area contributed by atoms with E-state index in [-0.39, 0.29) is 17.7 Å². The van der Waals surface area contributed by atoms with Crippen LogP contribution in [0.5, 0.6) is 5.75 Å². The third-order valence-corrected chi connectivity index (χ3v) is 3.22. The molecule has 2 aromatic rings. The maximum absolute atomic E-state index is 14.1. The zero-order chi connectivity index (χ0) is 17.0. The second-order valence-corrected chi connectivity index (χ2v) is 4.64. The Morgan fingerprint density at radius 2 is 1.91 bits per heavy atom. The summed E-state index contributed by atoms with van der Waals surface area (Å²) in [7, 11) is 1.40. The molecule has 2 aromatic carbocycles. The Hall–Kier alpha value is -2.89. The molecule has 6 heteroatoms. The summed E-state index contributed by atoms with van der Waals surface area (Å²) in [6.07, 6.45) is 0. The predicted molar refractivity (Wildman–Crippen MR) is 81.3 cm³/mol. The summed E-state index contributed by atoms with van der Waals surface area (Å²) >= 11 is 0. The number of halogens is 1. The van der Waals surface area contributed by atoms with Crippen molar-refractivity contribution < 1.29 is 28.6 Å². The van der Waals surface area contributed by atoms with Gasteiger partial charge in [-0.2, -0.15) is 0 Å². The van der Waals surface area contributed by atoms with Crippen LogP contribution in [0.2, 0.25) is 0 Å². The molecule has 5 nitrogen and oxygen atoms in total. The lowest BCUT2D eigenvalue weighted by Crippen LogP contribution is -2.07. The van der Waals surface area contributed by atoms with Crippen LogP contribution in [0.3, 0.4) is 0 Å². The van der Waals surface area contributed by atoms with E-state index in [2.05, 4.69) is 0 Å². The lowest BCUT2D eigenvalue weighted by Gasteiger charge is -2.11. The van der Waals surface area contributed by atoms with Crippen LogP contribution in [0.25, 0.3) is 11.1 Å². The van der Waals surface area contributed by atoms with Crippen molar-refractivity contribution in [1.29, 1.82) is 0 Å². The fourth-order valence-electron chi connectivity index (χ4n) is 2.12. The van der Waals surface area contributed by atoms with E-state index in [9.17, 15) is 14.0 Å². The molecule has 0 amide bonds. The number of carboxylic acid groups (broad SMARTS) is 1. The van der Waals surface area contributed by atoms with Crippen molar-refractivity contribution in [3.8, 4) is 16.9 Å². The van der Waals surface area contributed by atoms with E-state index in [1.807, 2.05) is 0 Å². The molecule has 0 radical (unpaired) electrons. The van der Waals surface area contributed by atoms with E-state index in [1.54, 1.807) is 13.0 Å². The average molecular weight is 318 g/mol. The second-order valence-electron chi connectivity index (χ2n) is 4.64. The first-order chi connectivity index (χ1) is 11.0. The third kappa shape index (κ3) is 3.48. The van der Waals surface area contributed by atoms with E-state index in [0.29, 0.717) is 16.9 Å². The first-order valence-corrected chi connectivity index (χ1v) is 6.86. The van der Waals surface area contributed by atoms with Gasteiger partial charge >= 0.3 is 11.9 Å². The van der Waals surface area contributed by atoms with Gasteiger partial charge in [0, 0.05) is 5.56 Å².